The molecule has 0 saturated heterocycles. The van der Waals surface area contributed by atoms with Crippen molar-refractivity contribution in [1.29, 1.82) is 0 Å². The van der Waals surface area contributed by atoms with Crippen molar-refractivity contribution in [3.8, 4) is 0 Å². The summed E-state index contributed by atoms with van der Waals surface area (Å²) < 4.78 is 0. The fraction of sp³-hybridized carbons (Fsp3) is 0.625. The summed E-state index contributed by atoms with van der Waals surface area (Å²) in [5.41, 5.74) is 5.12. The van der Waals surface area contributed by atoms with E-state index in [1.54, 1.807) is 6.08 Å². The smallest absolute Gasteiger partial charge is 0.221 e. The second-order valence-corrected chi connectivity index (χ2v) is 2.45. The lowest BCUT2D eigenvalue weighted by Crippen LogP contribution is -2.32. The van der Waals surface area contributed by atoms with Gasteiger partial charge in [0, 0.05) is 19.0 Å². The zero-order valence-corrected chi connectivity index (χ0v) is 6.97. The molecule has 1 atom stereocenters. The highest BCUT2D eigenvalue weighted by atomic mass is 16.1. The van der Waals surface area contributed by atoms with Gasteiger partial charge in [-0.05, 0) is 6.42 Å². The molecule has 0 aliphatic carbocycles. The molecule has 3 heteroatoms. The largest absolute Gasteiger partial charge is 0.369 e. The number of rotatable bonds is 6. The van der Waals surface area contributed by atoms with Gasteiger partial charge in [-0.25, -0.2) is 0 Å². The minimum atomic E-state index is -0.232. The van der Waals surface area contributed by atoms with E-state index < -0.39 is 0 Å². The third kappa shape index (κ3) is 4.56. The van der Waals surface area contributed by atoms with E-state index in [1.807, 2.05) is 6.92 Å². The van der Waals surface area contributed by atoms with E-state index in [0.29, 0.717) is 6.54 Å². The van der Waals surface area contributed by atoms with Crippen LogP contribution in [0.4, 0.5) is 0 Å². The first-order valence-electron chi connectivity index (χ1n) is 3.83. The van der Waals surface area contributed by atoms with Gasteiger partial charge in [-0.3, -0.25) is 4.79 Å². The number of hydrogen-bond donors (Lipinski definition) is 2. The van der Waals surface area contributed by atoms with E-state index in [4.69, 9.17) is 5.73 Å². The molecule has 64 valence electrons. The van der Waals surface area contributed by atoms with Crippen molar-refractivity contribution in [1.82, 2.24) is 5.32 Å². The third-order valence-electron chi connectivity index (χ3n) is 1.57. The summed E-state index contributed by atoms with van der Waals surface area (Å²) in [4.78, 5) is 10.7. The lowest BCUT2D eigenvalue weighted by Gasteiger charge is -2.09. The summed E-state index contributed by atoms with van der Waals surface area (Å²) in [6.45, 7) is 6.88. The molecule has 0 heterocycles. The van der Waals surface area contributed by atoms with Crippen LogP contribution in [-0.4, -0.2) is 19.0 Å². The minimum absolute atomic E-state index is 0.0463. The molecule has 0 aliphatic rings. The van der Waals surface area contributed by atoms with Crippen molar-refractivity contribution in [2.24, 2.45) is 11.7 Å². The Hall–Kier alpha value is -0.830. The Kier molecular flexibility index (Phi) is 5.47. The summed E-state index contributed by atoms with van der Waals surface area (Å²) in [6, 6.07) is 0. The molecule has 3 nitrogen and oxygen atoms in total. The summed E-state index contributed by atoms with van der Waals surface area (Å²) in [5, 5.41) is 3.05. The van der Waals surface area contributed by atoms with E-state index in [2.05, 4.69) is 11.9 Å². The van der Waals surface area contributed by atoms with E-state index in [1.165, 1.54) is 0 Å². The average molecular weight is 156 g/mol. The predicted molar refractivity (Wildman–Crippen MR) is 46.0 cm³/mol. The van der Waals surface area contributed by atoms with Crippen LogP contribution < -0.4 is 11.1 Å². The number of carbonyl (C=O) groups is 1. The van der Waals surface area contributed by atoms with E-state index >= 15 is 0 Å². The second-order valence-electron chi connectivity index (χ2n) is 2.45. The van der Waals surface area contributed by atoms with E-state index in [9.17, 15) is 4.79 Å². The third-order valence-corrected chi connectivity index (χ3v) is 1.57. The number of nitrogens with two attached hydrogens (primary N) is 1. The van der Waals surface area contributed by atoms with Gasteiger partial charge in [0.25, 0.3) is 0 Å². The summed E-state index contributed by atoms with van der Waals surface area (Å²) >= 11 is 0. The fourth-order valence-electron chi connectivity index (χ4n) is 0.806. The minimum Gasteiger partial charge on any atom is -0.369 e. The number of nitrogens with one attached hydrogen (secondary N) is 1. The predicted octanol–water partition coefficient (Wildman–Crippen LogP) is 0.273. The molecule has 0 radical (unpaired) electrons. The molecule has 0 fully saturated rings. The van der Waals surface area contributed by atoms with E-state index in [0.717, 1.165) is 13.0 Å². The lowest BCUT2D eigenvalue weighted by molar-refractivity contribution is -0.121. The SMILES string of the molecule is C=CCNCC(CC)C(N)=O. The number of hydrogen-bond acceptors (Lipinski definition) is 2. The average Bonchev–Trinajstić information content (AvgIpc) is 1.97. The van der Waals surface area contributed by atoms with Crippen LogP contribution in [0.5, 0.6) is 0 Å². The van der Waals surface area contributed by atoms with Crippen LogP contribution in [0, 0.1) is 5.92 Å². The Labute approximate surface area is 67.7 Å². The van der Waals surface area contributed by atoms with Gasteiger partial charge in [0.15, 0.2) is 0 Å². The maximum absolute atomic E-state index is 10.7. The van der Waals surface area contributed by atoms with Crippen LogP contribution in [0.25, 0.3) is 0 Å². The normalized spacial score (nSPS) is 12.5. The van der Waals surface area contributed by atoms with Gasteiger partial charge in [0.2, 0.25) is 5.91 Å². The summed E-state index contributed by atoms with van der Waals surface area (Å²) in [7, 11) is 0. The number of primary amides is 1. The number of carbonyl (C=O) groups excluding carboxylic acids is 1. The second kappa shape index (κ2) is 5.92. The first-order valence-corrected chi connectivity index (χ1v) is 3.83. The molecule has 0 aliphatic heterocycles. The first kappa shape index (κ1) is 10.2. The number of amides is 1. The first-order chi connectivity index (χ1) is 5.22. The molecular weight excluding hydrogens is 140 g/mol. The van der Waals surface area contributed by atoms with Crippen LogP contribution >= 0.6 is 0 Å². The summed E-state index contributed by atoms with van der Waals surface area (Å²) in [6.07, 6.45) is 2.55. The van der Waals surface area contributed by atoms with Gasteiger partial charge in [-0.15, -0.1) is 6.58 Å². The highest BCUT2D eigenvalue weighted by Crippen LogP contribution is 1.98. The topological polar surface area (TPSA) is 55.1 Å². The Morgan fingerprint density at radius 1 is 1.82 bits per heavy atom. The Balaban J connectivity index is 3.52. The molecule has 0 spiro atoms. The summed E-state index contributed by atoms with van der Waals surface area (Å²) in [5.74, 6) is -0.279. The Bertz CT molecular complexity index is 134. The molecule has 0 saturated carbocycles. The molecule has 0 rings (SSSR count). The molecule has 0 bridgehead atoms. The molecule has 3 N–H and O–H groups in total. The zero-order valence-electron chi connectivity index (χ0n) is 6.97. The molecular formula is C8H16N2O. The highest BCUT2D eigenvalue weighted by Gasteiger charge is 2.10. The molecule has 0 aromatic heterocycles. The standard InChI is InChI=1S/C8H16N2O/c1-3-5-10-6-7(4-2)8(9)11/h3,7,10H,1,4-6H2,2H3,(H2,9,11). The van der Waals surface area contributed by atoms with Gasteiger partial charge in [0.05, 0.1) is 0 Å². The van der Waals surface area contributed by atoms with Crippen molar-refractivity contribution in [3.05, 3.63) is 12.7 Å². The Morgan fingerprint density at radius 3 is 2.82 bits per heavy atom. The van der Waals surface area contributed by atoms with Crippen molar-refractivity contribution in [2.45, 2.75) is 13.3 Å². The van der Waals surface area contributed by atoms with Crippen LogP contribution in [0.1, 0.15) is 13.3 Å². The molecule has 0 aromatic rings. The van der Waals surface area contributed by atoms with Crippen molar-refractivity contribution < 1.29 is 4.79 Å². The van der Waals surface area contributed by atoms with E-state index in [-0.39, 0.29) is 11.8 Å². The van der Waals surface area contributed by atoms with Crippen molar-refractivity contribution in [2.75, 3.05) is 13.1 Å². The maximum Gasteiger partial charge on any atom is 0.221 e. The molecule has 1 amide bonds. The molecule has 1 unspecified atom stereocenters. The van der Waals surface area contributed by atoms with Gasteiger partial charge in [-0.1, -0.05) is 13.0 Å². The van der Waals surface area contributed by atoms with Crippen molar-refractivity contribution >= 4 is 5.91 Å². The van der Waals surface area contributed by atoms with Crippen LogP contribution in [0.3, 0.4) is 0 Å². The molecule has 0 aromatic carbocycles. The van der Waals surface area contributed by atoms with Crippen LogP contribution in [0.2, 0.25) is 0 Å². The van der Waals surface area contributed by atoms with Gasteiger partial charge >= 0.3 is 0 Å². The highest BCUT2D eigenvalue weighted by molar-refractivity contribution is 5.76. The molecule has 11 heavy (non-hydrogen) atoms. The Morgan fingerprint density at radius 2 is 2.45 bits per heavy atom. The maximum atomic E-state index is 10.7. The quantitative estimate of drug-likeness (QED) is 0.428. The monoisotopic (exact) mass is 156 g/mol. The fourth-order valence-corrected chi connectivity index (χ4v) is 0.806. The lowest BCUT2D eigenvalue weighted by atomic mass is 10.1. The van der Waals surface area contributed by atoms with Gasteiger partial charge < -0.3 is 11.1 Å². The van der Waals surface area contributed by atoms with Gasteiger partial charge in [-0.2, -0.15) is 0 Å². The van der Waals surface area contributed by atoms with Crippen LogP contribution in [0.15, 0.2) is 12.7 Å². The zero-order chi connectivity index (χ0) is 8.69. The van der Waals surface area contributed by atoms with Crippen molar-refractivity contribution in [3.63, 3.8) is 0 Å². The van der Waals surface area contributed by atoms with Gasteiger partial charge in [0.1, 0.15) is 0 Å². The van der Waals surface area contributed by atoms with Crippen LogP contribution in [-0.2, 0) is 4.79 Å².